The summed E-state index contributed by atoms with van der Waals surface area (Å²) >= 11 is 0. The van der Waals surface area contributed by atoms with Crippen LogP contribution in [0.4, 0.5) is 0 Å². The molecule has 5 nitrogen and oxygen atoms in total. The van der Waals surface area contributed by atoms with E-state index in [1.165, 1.54) is 5.56 Å². The lowest BCUT2D eigenvalue weighted by atomic mass is 9.95. The van der Waals surface area contributed by atoms with Gasteiger partial charge in [-0.05, 0) is 48.2 Å². The monoisotopic (exact) mass is 395 g/mol. The van der Waals surface area contributed by atoms with Crippen molar-refractivity contribution in [2.75, 3.05) is 20.6 Å². The number of hydrogen-bond acceptors (Lipinski definition) is 3. The predicted molar refractivity (Wildman–Crippen MR) is 118 cm³/mol. The van der Waals surface area contributed by atoms with Crippen molar-refractivity contribution in [3.63, 3.8) is 0 Å². The normalized spacial score (nSPS) is 12.1. The van der Waals surface area contributed by atoms with E-state index in [0.29, 0.717) is 24.6 Å². The van der Waals surface area contributed by atoms with E-state index >= 15 is 0 Å². The zero-order chi connectivity index (χ0) is 21.4. The van der Waals surface area contributed by atoms with E-state index in [4.69, 9.17) is 0 Å². The van der Waals surface area contributed by atoms with Crippen LogP contribution in [0.3, 0.4) is 0 Å². The fraction of sp³-hybridized carbons (Fsp3) is 0.417. The summed E-state index contributed by atoms with van der Waals surface area (Å²) in [5, 5.41) is 5.80. The van der Waals surface area contributed by atoms with E-state index in [-0.39, 0.29) is 17.9 Å². The van der Waals surface area contributed by atoms with E-state index in [2.05, 4.69) is 55.7 Å². The second-order valence-corrected chi connectivity index (χ2v) is 7.83. The summed E-state index contributed by atoms with van der Waals surface area (Å²) in [4.78, 5) is 26.2. The molecule has 2 aromatic carbocycles. The third-order valence-corrected chi connectivity index (χ3v) is 5.04. The van der Waals surface area contributed by atoms with Crippen molar-refractivity contribution in [3.05, 3.63) is 70.8 Å². The first-order valence-electron chi connectivity index (χ1n) is 10.2. The Morgan fingerprint density at radius 3 is 2.07 bits per heavy atom. The number of nitrogens with one attached hydrogen (secondary N) is 2. The van der Waals surface area contributed by atoms with Gasteiger partial charge in [0.15, 0.2) is 0 Å². The van der Waals surface area contributed by atoms with Crippen molar-refractivity contribution in [2.24, 2.45) is 5.92 Å². The Morgan fingerprint density at radius 1 is 0.966 bits per heavy atom. The molecule has 2 N–H and O–H groups in total. The van der Waals surface area contributed by atoms with E-state index < -0.39 is 0 Å². The predicted octanol–water partition coefficient (Wildman–Crippen LogP) is 3.55. The fourth-order valence-corrected chi connectivity index (χ4v) is 3.33. The van der Waals surface area contributed by atoms with Crippen LogP contribution in [0.25, 0.3) is 0 Å². The largest absolute Gasteiger partial charge is 0.355 e. The van der Waals surface area contributed by atoms with Crippen LogP contribution in [-0.2, 0) is 17.8 Å². The highest BCUT2D eigenvalue weighted by Crippen LogP contribution is 2.22. The van der Waals surface area contributed by atoms with Crippen molar-refractivity contribution in [1.29, 1.82) is 0 Å². The molecule has 0 aromatic heterocycles. The lowest BCUT2D eigenvalue weighted by Crippen LogP contribution is -2.38. The maximum absolute atomic E-state index is 12.6. The van der Waals surface area contributed by atoms with E-state index in [9.17, 15) is 9.59 Å². The van der Waals surface area contributed by atoms with Crippen molar-refractivity contribution >= 4 is 11.8 Å². The molecule has 5 heteroatoms. The summed E-state index contributed by atoms with van der Waals surface area (Å²) < 4.78 is 0. The van der Waals surface area contributed by atoms with Gasteiger partial charge < -0.3 is 10.6 Å². The average Bonchev–Trinajstić information content (AvgIpc) is 2.71. The summed E-state index contributed by atoms with van der Waals surface area (Å²) in [5.74, 6) is 0.206. The van der Waals surface area contributed by atoms with E-state index in [1.807, 2.05) is 24.1 Å². The fourth-order valence-electron chi connectivity index (χ4n) is 3.33. The molecule has 0 heterocycles. The number of hydrogen-bond donors (Lipinski definition) is 2. The molecule has 0 radical (unpaired) electrons. The number of amides is 2. The van der Waals surface area contributed by atoms with Gasteiger partial charge in [0.05, 0.1) is 12.6 Å². The first-order chi connectivity index (χ1) is 13.8. The third-order valence-electron chi connectivity index (χ3n) is 5.04. The van der Waals surface area contributed by atoms with Gasteiger partial charge in [-0.2, -0.15) is 0 Å². The summed E-state index contributed by atoms with van der Waals surface area (Å²) in [5.41, 5.74) is 4.12. The van der Waals surface area contributed by atoms with Gasteiger partial charge in [-0.3, -0.25) is 14.5 Å². The Morgan fingerprint density at radius 2 is 1.55 bits per heavy atom. The average molecular weight is 396 g/mol. The summed E-state index contributed by atoms with van der Waals surface area (Å²) in [6.45, 7) is 7.33. The maximum Gasteiger partial charge on any atom is 0.251 e. The van der Waals surface area contributed by atoms with Gasteiger partial charge in [0.1, 0.15) is 0 Å². The summed E-state index contributed by atoms with van der Waals surface area (Å²) in [7, 11) is 3.54. The molecule has 2 aromatic rings. The minimum atomic E-state index is -0.101. The quantitative estimate of drug-likeness (QED) is 0.683. The van der Waals surface area contributed by atoms with Crippen LogP contribution < -0.4 is 10.6 Å². The van der Waals surface area contributed by atoms with Crippen molar-refractivity contribution in [2.45, 2.75) is 39.8 Å². The number of likely N-dealkylation sites (N-methyl/N-ethyl adjacent to an activating group) is 1. The zero-order valence-electron chi connectivity index (χ0n) is 18.2. The second kappa shape index (κ2) is 10.8. The minimum absolute atomic E-state index is 0.00588. The molecule has 0 aliphatic heterocycles. The SMILES string of the molecule is CCc1ccc([C@H](NC(=O)CN(C)Cc2ccc(C(=O)NC)cc2)C(C)C)cc1. The third kappa shape index (κ3) is 6.71. The Hall–Kier alpha value is -2.66. The molecule has 2 amide bonds. The van der Waals surface area contributed by atoms with Crippen molar-refractivity contribution in [3.8, 4) is 0 Å². The number of rotatable bonds is 9. The molecule has 0 aliphatic rings. The van der Waals surface area contributed by atoms with Gasteiger partial charge in [0.2, 0.25) is 5.91 Å². The summed E-state index contributed by atoms with van der Waals surface area (Å²) in [6, 6.07) is 15.9. The highest BCUT2D eigenvalue weighted by molar-refractivity contribution is 5.93. The highest BCUT2D eigenvalue weighted by Gasteiger charge is 2.19. The van der Waals surface area contributed by atoms with Gasteiger partial charge in [-0.1, -0.05) is 57.2 Å². The molecule has 0 saturated carbocycles. The molecule has 29 heavy (non-hydrogen) atoms. The van der Waals surface area contributed by atoms with Gasteiger partial charge >= 0.3 is 0 Å². The van der Waals surface area contributed by atoms with Crippen LogP contribution in [0, 0.1) is 5.92 Å². The first-order valence-corrected chi connectivity index (χ1v) is 10.2. The molecule has 0 bridgehead atoms. The molecule has 2 rings (SSSR count). The van der Waals surface area contributed by atoms with E-state index in [1.54, 1.807) is 19.2 Å². The Bertz CT molecular complexity index is 798. The standard InChI is InChI=1S/C24H33N3O2/c1-6-18-7-11-20(12-8-18)23(17(2)3)26-22(28)16-27(5)15-19-9-13-21(14-10-19)24(29)25-4/h7-14,17,23H,6,15-16H2,1-5H3,(H,25,29)(H,26,28)/t23-/m1/s1. The molecule has 0 saturated heterocycles. The van der Waals surface area contributed by atoms with Gasteiger partial charge in [-0.15, -0.1) is 0 Å². The van der Waals surface area contributed by atoms with Crippen LogP contribution in [0.15, 0.2) is 48.5 Å². The van der Waals surface area contributed by atoms with Crippen LogP contribution in [0.2, 0.25) is 0 Å². The molecule has 1 atom stereocenters. The Labute approximate surface area is 174 Å². The minimum Gasteiger partial charge on any atom is -0.355 e. The molecule has 0 spiro atoms. The first kappa shape index (κ1) is 22.6. The van der Waals surface area contributed by atoms with Crippen molar-refractivity contribution in [1.82, 2.24) is 15.5 Å². The highest BCUT2D eigenvalue weighted by atomic mass is 16.2. The zero-order valence-corrected chi connectivity index (χ0v) is 18.2. The Kier molecular flexibility index (Phi) is 8.40. The van der Waals surface area contributed by atoms with E-state index in [0.717, 1.165) is 17.5 Å². The lowest BCUT2D eigenvalue weighted by molar-refractivity contribution is -0.123. The van der Waals surface area contributed by atoms with Crippen molar-refractivity contribution < 1.29 is 9.59 Å². The number of carbonyl (C=O) groups is 2. The molecule has 0 fully saturated rings. The number of benzene rings is 2. The van der Waals surface area contributed by atoms with Crippen LogP contribution in [0.1, 0.15) is 53.9 Å². The molecular formula is C24H33N3O2. The van der Waals surface area contributed by atoms with Gasteiger partial charge in [0, 0.05) is 19.2 Å². The van der Waals surface area contributed by atoms with Crippen LogP contribution >= 0.6 is 0 Å². The lowest BCUT2D eigenvalue weighted by Gasteiger charge is -2.25. The smallest absolute Gasteiger partial charge is 0.251 e. The summed E-state index contributed by atoms with van der Waals surface area (Å²) in [6.07, 6.45) is 1.01. The molecule has 156 valence electrons. The topological polar surface area (TPSA) is 61.4 Å². The number of carbonyl (C=O) groups excluding carboxylic acids is 2. The van der Waals surface area contributed by atoms with Crippen LogP contribution in [-0.4, -0.2) is 37.4 Å². The molecule has 0 aliphatic carbocycles. The number of nitrogens with zero attached hydrogens (tertiary/aromatic N) is 1. The van der Waals surface area contributed by atoms with Gasteiger partial charge in [-0.25, -0.2) is 0 Å². The number of aryl methyl sites for hydroxylation is 1. The van der Waals surface area contributed by atoms with Gasteiger partial charge in [0.25, 0.3) is 5.91 Å². The second-order valence-electron chi connectivity index (χ2n) is 7.83. The molecular weight excluding hydrogens is 362 g/mol. The van der Waals surface area contributed by atoms with Crippen LogP contribution in [0.5, 0.6) is 0 Å². The Balaban J connectivity index is 1.94. The molecule has 0 unspecified atom stereocenters. The maximum atomic E-state index is 12.6.